The fraction of sp³-hybridized carbons (Fsp3) is 0.182. The largest absolute Gasteiger partial charge is 3.00 e. The Kier molecular flexibility index (Phi) is 9.65. The molecule has 2 aliphatic carbocycles. The molecule has 0 saturated heterocycles. The number of rotatable bonds is 1. The van der Waals surface area contributed by atoms with Gasteiger partial charge in [0.05, 0.1) is 5.76 Å². The molecule has 137 valence electrons. The van der Waals surface area contributed by atoms with Crippen molar-refractivity contribution >= 4 is 17.8 Å². The normalized spacial score (nSPS) is 20.1. The summed E-state index contributed by atoms with van der Waals surface area (Å²) in [6.07, 6.45) is 14.2. The molecule has 1 nitrogen and oxygen atoms in total. The standard InChI is InChI=1S/C14H11O.C8H8S.2ClH.Zr/c1-10-6-9-14(15-10)13-8-7-11-4-2-3-5-12(11)13;1-6-5-7-3-2-4-8(7)9-6;;;/h2-7,9,13H,1H3;2-5,7H,1H3;2*1H;/q-1;;;;+3/p-2. The molecule has 1 radical (unpaired) electrons. The van der Waals surface area contributed by atoms with E-state index in [4.69, 9.17) is 4.42 Å². The number of thioether (sulfide) groups is 1. The summed E-state index contributed by atoms with van der Waals surface area (Å²) in [5, 5.41) is 0. The van der Waals surface area contributed by atoms with Gasteiger partial charge in [0, 0.05) is 10.8 Å². The second-order valence-electron chi connectivity index (χ2n) is 6.18. The number of hydrogen-bond acceptors (Lipinski definition) is 2. The number of allylic oxidation sites excluding steroid dienone is 7. The van der Waals surface area contributed by atoms with Crippen LogP contribution in [0.1, 0.15) is 35.5 Å². The van der Waals surface area contributed by atoms with Gasteiger partial charge in [-0.1, -0.05) is 54.3 Å². The van der Waals surface area contributed by atoms with E-state index in [0.717, 1.165) is 11.5 Å². The van der Waals surface area contributed by atoms with Crippen molar-refractivity contribution in [3.8, 4) is 0 Å². The predicted octanol–water partition coefficient (Wildman–Crippen LogP) is 0.262. The zero-order valence-electron chi connectivity index (χ0n) is 15.1. The molecule has 1 aromatic heterocycles. The van der Waals surface area contributed by atoms with Crippen LogP contribution >= 0.6 is 11.8 Å². The molecule has 0 spiro atoms. The van der Waals surface area contributed by atoms with Gasteiger partial charge < -0.3 is 29.2 Å². The van der Waals surface area contributed by atoms with Crippen LogP contribution in [0.15, 0.2) is 74.9 Å². The summed E-state index contributed by atoms with van der Waals surface area (Å²) in [5.74, 6) is 2.75. The molecule has 0 saturated carbocycles. The van der Waals surface area contributed by atoms with Crippen molar-refractivity contribution in [1.82, 2.24) is 0 Å². The number of furan rings is 1. The van der Waals surface area contributed by atoms with E-state index in [0.29, 0.717) is 5.92 Å². The third kappa shape index (κ3) is 5.42. The molecule has 3 aliphatic rings. The van der Waals surface area contributed by atoms with Gasteiger partial charge in [-0.2, -0.15) is 5.56 Å². The molecule has 0 amide bonds. The Morgan fingerprint density at radius 1 is 1.04 bits per heavy atom. The van der Waals surface area contributed by atoms with Crippen molar-refractivity contribution in [2.75, 3.05) is 0 Å². The number of hydrogen-bond donors (Lipinski definition) is 0. The van der Waals surface area contributed by atoms with Crippen LogP contribution in [0.25, 0.3) is 6.08 Å². The molecule has 0 bridgehead atoms. The van der Waals surface area contributed by atoms with E-state index < -0.39 is 0 Å². The molecule has 0 fully saturated rings. The first-order valence-electron chi connectivity index (χ1n) is 8.20. The van der Waals surface area contributed by atoms with E-state index in [-0.39, 0.29) is 56.9 Å². The van der Waals surface area contributed by atoms with Crippen molar-refractivity contribution in [1.29, 1.82) is 0 Å². The first-order chi connectivity index (χ1) is 11.7. The van der Waals surface area contributed by atoms with Crippen molar-refractivity contribution in [3.63, 3.8) is 0 Å². The molecule has 2 aromatic rings. The van der Waals surface area contributed by atoms with Gasteiger partial charge in [-0.25, -0.2) is 6.08 Å². The van der Waals surface area contributed by atoms with Gasteiger partial charge in [-0.05, 0) is 36.8 Å². The molecular formula is C22H19Cl2OSZr. The molecule has 1 aliphatic heterocycles. The molecule has 0 N–H and O–H groups in total. The minimum absolute atomic E-state index is 0. The number of fused-ring (bicyclic) bond motifs is 2. The third-order valence-corrected chi connectivity index (χ3v) is 5.46. The minimum Gasteiger partial charge on any atom is -1.00 e. The molecule has 2 heterocycles. The van der Waals surface area contributed by atoms with Crippen LogP contribution in [0.5, 0.6) is 0 Å². The van der Waals surface area contributed by atoms with E-state index in [1.807, 2.05) is 43.0 Å². The smallest absolute Gasteiger partial charge is 1.00 e. The maximum absolute atomic E-state index is 5.64. The van der Waals surface area contributed by atoms with Crippen LogP contribution in [0.4, 0.5) is 0 Å². The molecule has 5 rings (SSSR count). The molecule has 27 heavy (non-hydrogen) atoms. The van der Waals surface area contributed by atoms with Crippen molar-refractivity contribution in [3.05, 3.63) is 99.2 Å². The fourth-order valence-corrected chi connectivity index (χ4v) is 4.22. The van der Waals surface area contributed by atoms with Gasteiger partial charge in [-0.15, -0.1) is 11.6 Å². The Hall–Kier alpha value is -0.727. The molecule has 2 atom stereocenters. The number of benzene rings is 1. The van der Waals surface area contributed by atoms with Gasteiger partial charge in [-0.3, -0.25) is 6.08 Å². The number of halogens is 2. The van der Waals surface area contributed by atoms with Crippen molar-refractivity contribution in [2.24, 2.45) is 5.92 Å². The minimum atomic E-state index is 0. The van der Waals surface area contributed by atoms with E-state index in [2.05, 4.69) is 55.5 Å². The number of aryl methyl sites for hydroxylation is 1. The Balaban J connectivity index is 0.000000266. The molecule has 2 unspecified atom stereocenters. The Bertz CT molecular complexity index is 895. The first kappa shape index (κ1) is 24.3. The summed E-state index contributed by atoms with van der Waals surface area (Å²) in [5.41, 5.74) is 2.53. The monoisotopic (exact) mass is 491 g/mol. The van der Waals surface area contributed by atoms with Gasteiger partial charge in [0.2, 0.25) is 0 Å². The third-order valence-electron chi connectivity index (χ3n) is 4.36. The molecular weight excluding hydrogens is 474 g/mol. The van der Waals surface area contributed by atoms with Crippen LogP contribution in [-0.2, 0) is 26.2 Å². The Labute approximate surface area is 197 Å². The van der Waals surface area contributed by atoms with E-state index in [1.54, 1.807) is 0 Å². The van der Waals surface area contributed by atoms with E-state index in [9.17, 15) is 0 Å². The summed E-state index contributed by atoms with van der Waals surface area (Å²) < 4.78 is 5.64. The second-order valence-corrected chi connectivity index (χ2v) is 7.50. The van der Waals surface area contributed by atoms with Crippen LogP contribution in [-0.4, -0.2) is 0 Å². The van der Waals surface area contributed by atoms with E-state index in [1.165, 1.54) is 20.9 Å². The Morgan fingerprint density at radius 2 is 1.81 bits per heavy atom. The first-order valence-corrected chi connectivity index (χ1v) is 9.01. The molecule has 1 aromatic carbocycles. The quantitative estimate of drug-likeness (QED) is 0.529. The summed E-state index contributed by atoms with van der Waals surface area (Å²) in [6, 6.07) is 12.4. The van der Waals surface area contributed by atoms with Crippen LogP contribution in [0.3, 0.4) is 0 Å². The van der Waals surface area contributed by atoms with Gasteiger partial charge in [0.1, 0.15) is 5.76 Å². The topological polar surface area (TPSA) is 13.1 Å². The van der Waals surface area contributed by atoms with Crippen molar-refractivity contribution in [2.45, 2.75) is 19.8 Å². The Morgan fingerprint density at radius 3 is 2.52 bits per heavy atom. The van der Waals surface area contributed by atoms with Gasteiger partial charge in [0.25, 0.3) is 0 Å². The summed E-state index contributed by atoms with van der Waals surface area (Å²) in [6.45, 7) is 4.13. The average Bonchev–Trinajstić information content (AvgIpc) is 3.30. The zero-order chi connectivity index (χ0) is 16.5. The summed E-state index contributed by atoms with van der Waals surface area (Å²) >= 11 is 1.90. The fourth-order valence-electron chi connectivity index (χ4n) is 3.20. The zero-order valence-corrected chi connectivity index (χ0v) is 19.9. The van der Waals surface area contributed by atoms with Crippen molar-refractivity contribution < 1.29 is 55.4 Å². The van der Waals surface area contributed by atoms with Crippen LogP contribution in [0.2, 0.25) is 0 Å². The van der Waals surface area contributed by atoms with E-state index >= 15 is 0 Å². The average molecular weight is 494 g/mol. The van der Waals surface area contributed by atoms with Crippen LogP contribution in [0, 0.1) is 18.9 Å². The predicted molar refractivity (Wildman–Crippen MR) is 101 cm³/mol. The maximum Gasteiger partial charge on any atom is 3.00 e. The second kappa shape index (κ2) is 10.7. The van der Waals surface area contributed by atoms with Gasteiger partial charge in [0.15, 0.2) is 0 Å². The SMILES string of the molecule is CC1=CC2C=CC=C2S1.Cc1ccc(C2[C-]=Cc3ccccc32)o1.[Cl-].[Cl-].[Zr+3]. The summed E-state index contributed by atoms with van der Waals surface area (Å²) in [7, 11) is 0. The van der Waals surface area contributed by atoms with Gasteiger partial charge >= 0.3 is 26.2 Å². The maximum atomic E-state index is 5.64. The van der Waals surface area contributed by atoms with Crippen LogP contribution < -0.4 is 24.8 Å². The summed E-state index contributed by atoms with van der Waals surface area (Å²) in [4.78, 5) is 2.93. The molecule has 5 heteroatoms.